The second-order valence-corrected chi connectivity index (χ2v) is 5.49. The highest BCUT2D eigenvalue weighted by molar-refractivity contribution is 4.93. The molecular formula is C13H25N4O. The summed E-state index contributed by atoms with van der Waals surface area (Å²) in [5.41, 5.74) is 0. The van der Waals surface area contributed by atoms with E-state index in [1.807, 2.05) is 0 Å². The Hall–Kier alpha value is -0.200. The van der Waals surface area contributed by atoms with Gasteiger partial charge in [0.25, 0.3) is 0 Å². The van der Waals surface area contributed by atoms with Crippen molar-refractivity contribution in [3.05, 3.63) is 0 Å². The van der Waals surface area contributed by atoms with Crippen LogP contribution in [0.15, 0.2) is 0 Å². The highest BCUT2D eigenvalue weighted by atomic mass is 16.5. The van der Waals surface area contributed by atoms with Crippen LogP contribution < -0.4 is 10.6 Å². The molecule has 3 heterocycles. The van der Waals surface area contributed by atoms with Crippen molar-refractivity contribution >= 4 is 0 Å². The first kappa shape index (κ1) is 12.8. The Bertz CT molecular complexity index is 236. The fourth-order valence-corrected chi connectivity index (χ4v) is 3.40. The van der Waals surface area contributed by atoms with Crippen LogP contribution >= 0.6 is 0 Å². The van der Waals surface area contributed by atoms with Gasteiger partial charge >= 0.3 is 0 Å². The van der Waals surface area contributed by atoms with Crippen LogP contribution in [0.3, 0.4) is 0 Å². The van der Waals surface area contributed by atoms with Crippen LogP contribution in [0.2, 0.25) is 0 Å². The molecule has 3 fully saturated rings. The fourth-order valence-electron chi connectivity index (χ4n) is 3.40. The van der Waals surface area contributed by atoms with E-state index in [4.69, 9.17) is 10.1 Å². The van der Waals surface area contributed by atoms with E-state index < -0.39 is 0 Å². The Morgan fingerprint density at radius 1 is 0.944 bits per heavy atom. The molecule has 5 heteroatoms. The normalized spacial score (nSPS) is 36.7. The van der Waals surface area contributed by atoms with E-state index >= 15 is 0 Å². The zero-order valence-corrected chi connectivity index (χ0v) is 11.2. The summed E-state index contributed by atoms with van der Waals surface area (Å²) in [6.07, 6.45) is 3.99. The predicted molar refractivity (Wildman–Crippen MR) is 70.4 cm³/mol. The molecule has 0 aromatic rings. The van der Waals surface area contributed by atoms with Crippen molar-refractivity contribution in [1.29, 1.82) is 0 Å². The predicted octanol–water partition coefficient (Wildman–Crippen LogP) is -0.334. The Balaban J connectivity index is 1.77. The van der Waals surface area contributed by atoms with Crippen molar-refractivity contribution in [3.8, 4) is 0 Å². The van der Waals surface area contributed by atoms with Crippen molar-refractivity contribution in [2.45, 2.75) is 25.0 Å². The van der Waals surface area contributed by atoms with Gasteiger partial charge in [-0.25, -0.2) is 5.32 Å². The van der Waals surface area contributed by atoms with Crippen LogP contribution in [-0.2, 0) is 4.74 Å². The number of ether oxygens (including phenoxy) is 1. The van der Waals surface area contributed by atoms with Crippen molar-refractivity contribution in [1.82, 2.24) is 20.4 Å². The number of piperazine rings is 1. The lowest BCUT2D eigenvalue weighted by atomic mass is 10.1. The van der Waals surface area contributed by atoms with Crippen LogP contribution in [0.5, 0.6) is 0 Å². The van der Waals surface area contributed by atoms with Gasteiger partial charge in [0, 0.05) is 45.8 Å². The third-order valence-corrected chi connectivity index (χ3v) is 4.38. The van der Waals surface area contributed by atoms with Gasteiger partial charge in [0.2, 0.25) is 0 Å². The molecule has 3 saturated heterocycles. The summed E-state index contributed by atoms with van der Waals surface area (Å²) in [4.78, 5) is 5.11. The van der Waals surface area contributed by atoms with E-state index in [1.54, 1.807) is 0 Å². The molecule has 0 amide bonds. The van der Waals surface area contributed by atoms with Crippen molar-refractivity contribution < 1.29 is 4.74 Å². The Morgan fingerprint density at radius 2 is 1.67 bits per heavy atom. The maximum absolute atomic E-state index is 5.79. The van der Waals surface area contributed by atoms with Gasteiger partial charge in [0.1, 0.15) is 0 Å². The molecule has 18 heavy (non-hydrogen) atoms. The van der Waals surface area contributed by atoms with Crippen LogP contribution in [0.1, 0.15) is 19.3 Å². The molecule has 3 aliphatic rings. The molecule has 5 nitrogen and oxygen atoms in total. The van der Waals surface area contributed by atoms with Crippen molar-refractivity contribution in [2.75, 3.05) is 59.0 Å². The molecule has 103 valence electrons. The van der Waals surface area contributed by atoms with Crippen LogP contribution in [0.4, 0.5) is 0 Å². The SMILES string of the molecule is C1CCN(C2(N3CCNCC3)COCC[N]2)CC1. The molecule has 0 saturated carbocycles. The molecule has 3 aliphatic heterocycles. The standard InChI is InChI=1S/C13H25N4O/c1-2-7-16(8-3-1)13(12-18-11-6-15-13)17-9-4-14-5-10-17/h14H,1-12H2. The molecule has 1 N–H and O–H groups in total. The van der Waals surface area contributed by atoms with E-state index in [1.165, 1.54) is 32.4 Å². The number of likely N-dealkylation sites (tertiary alicyclic amines) is 1. The van der Waals surface area contributed by atoms with E-state index in [0.717, 1.165) is 45.9 Å². The highest BCUT2D eigenvalue weighted by Crippen LogP contribution is 2.26. The summed E-state index contributed by atoms with van der Waals surface area (Å²) < 4.78 is 5.79. The first-order valence-electron chi connectivity index (χ1n) is 7.39. The minimum absolute atomic E-state index is 0.152. The number of hydrogen-bond donors (Lipinski definition) is 1. The monoisotopic (exact) mass is 253 g/mol. The van der Waals surface area contributed by atoms with Gasteiger partial charge in [-0.15, -0.1) is 0 Å². The summed E-state index contributed by atoms with van der Waals surface area (Å²) in [6.45, 7) is 9.08. The lowest BCUT2D eigenvalue weighted by Crippen LogP contribution is -2.73. The van der Waals surface area contributed by atoms with E-state index in [2.05, 4.69) is 15.1 Å². The van der Waals surface area contributed by atoms with Gasteiger partial charge in [0.15, 0.2) is 5.79 Å². The number of nitrogens with one attached hydrogen (secondary N) is 1. The van der Waals surface area contributed by atoms with Gasteiger partial charge in [0.05, 0.1) is 13.2 Å². The van der Waals surface area contributed by atoms with Crippen molar-refractivity contribution in [2.24, 2.45) is 0 Å². The maximum atomic E-state index is 5.79. The van der Waals surface area contributed by atoms with Gasteiger partial charge < -0.3 is 10.1 Å². The average Bonchev–Trinajstić information content (AvgIpc) is 2.50. The van der Waals surface area contributed by atoms with Gasteiger partial charge in [-0.2, -0.15) is 0 Å². The van der Waals surface area contributed by atoms with Gasteiger partial charge in [-0.05, 0) is 12.8 Å². The Labute approximate surface area is 110 Å². The molecular weight excluding hydrogens is 228 g/mol. The summed E-state index contributed by atoms with van der Waals surface area (Å²) in [6, 6.07) is 0. The second-order valence-electron chi connectivity index (χ2n) is 5.49. The zero-order chi connectivity index (χ0) is 12.3. The highest BCUT2D eigenvalue weighted by Gasteiger charge is 2.45. The number of nitrogens with zero attached hydrogens (tertiary/aromatic N) is 3. The third kappa shape index (κ3) is 2.42. The number of rotatable bonds is 2. The van der Waals surface area contributed by atoms with E-state index in [0.29, 0.717) is 0 Å². The van der Waals surface area contributed by atoms with E-state index in [9.17, 15) is 0 Å². The van der Waals surface area contributed by atoms with Gasteiger partial charge in [-0.1, -0.05) is 6.42 Å². The van der Waals surface area contributed by atoms with Gasteiger partial charge in [-0.3, -0.25) is 9.80 Å². The molecule has 1 unspecified atom stereocenters. The number of morpholine rings is 1. The molecule has 3 rings (SSSR count). The maximum Gasteiger partial charge on any atom is 0.168 e. The smallest absolute Gasteiger partial charge is 0.168 e. The average molecular weight is 253 g/mol. The largest absolute Gasteiger partial charge is 0.375 e. The third-order valence-electron chi connectivity index (χ3n) is 4.38. The lowest BCUT2D eigenvalue weighted by molar-refractivity contribution is -0.165. The second kappa shape index (κ2) is 5.84. The quantitative estimate of drug-likeness (QED) is 0.731. The first-order valence-corrected chi connectivity index (χ1v) is 7.39. The molecule has 0 aromatic heterocycles. The molecule has 0 bridgehead atoms. The van der Waals surface area contributed by atoms with Crippen LogP contribution in [0, 0.1) is 0 Å². The van der Waals surface area contributed by atoms with E-state index in [-0.39, 0.29) is 5.79 Å². The minimum Gasteiger partial charge on any atom is -0.375 e. The fraction of sp³-hybridized carbons (Fsp3) is 1.00. The molecule has 1 atom stereocenters. The molecule has 0 aromatic carbocycles. The minimum atomic E-state index is -0.152. The number of piperidine rings is 1. The zero-order valence-electron chi connectivity index (χ0n) is 11.2. The summed E-state index contributed by atoms with van der Waals surface area (Å²) in [7, 11) is 0. The molecule has 0 spiro atoms. The molecule has 0 aliphatic carbocycles. The van der Waals surface area contributed by atoms with Crippen LogP contribution in [-0.4, -0.2) is 74.6 Å². The van der Waals surface area contributed by atoms with Crippen molar-refractivity contribution in [3.63, 3.8) is 0 Å². The summed E-state index contributed by atoms with van der Waals surface area (Å²) >= 11 is 0. The summed E-state index contributed by atoms with van der Waals surface area (Å²) in [5.74, 6) is -0.152. The Kier molecular flexibility index (Phi) is 4.16. The first-order chi connectivity index (χ1) is 8.92. The topological polar surface area (TPSA) is 41.8 Å². The molecule has 1 radical (unpaired) electrons. The van der Waals surface area contributed by atoms with Crippen LogP contribution in [0.25, 0.3) is 0 Å². The summed E-state index contributed by atoms with van der Waals surface area (Å²) in [5, 5.41) is 8.44. The Morgan fingerprint density at radius 3 is 2.33 bits per heavy atom. The lowest BCUT2D eigenvalue weighted by Gasteiger charge is -2.53. The number of hydrogen-bond acceptors (Lipinski definition) is 4.